The Kier molecular flexibility index (Phi) is 4.59. The number of hydrogen-bond donors (Lipinski definition) is 2. The fourth-order valence-electron chi connectivity index (χ4n) is 1.17. The first-order chi connectivity index (χ1) is 8.21. The van der Waals surface area contributed by atoms with E-state index in [0.29, 0.717) is 5.56 Å². The molecular weight excluding hydrogens is 285 g/mol. The molecule has 98 valence electrons. The fraction of sp³-hybridized carbons (Fsp3) is 0.200. The third-order valence-corrected chi connectivity index (χ3v) is 2.64. The molecule has 1 unspecified atom stereocenters. The second kappa shape index (κ2) is 5.59. The van der Waals surface area contributed by atoms with E-state index in [1.165, 1.54) is 18.2 Å². The Hall–Kier alpha value is -1.26. The van der Waals surface area contributed by atoms with Crippen LogP contribution in [0.5, 0.6) is 0 Å². The minimum atomic E-state index is -3.53. The summed E-state index contributed by atoms with van der Waals surface area (Å²) in [6, 6.07) is 4.24. The van der Waals surface area contributed by atoms with Crippen LogP contribution in [0.3, 0.4) is 0 Å². The number of amides is 2. The van der Waals surface area contributed by atoms with Gasteiger partial charge in [-0.15, -0.1) is 0 Å². The molecule has 1 aromatic rings. The number of carbonyl (C=O) groups excluding carboxylic acids is 2. The van der Waals surface area contributed by atoms with Crippen LogP contribution < -0.4 is 11.1 Å². The van der Waals surface area contributed by atoms with E-state index < -0.39 is 17.5 Å². The monoisotopic (exact) mass is 294 g/mol. The Labute approximate surface area is 109 Å². The van der Waals surface area contributed by atoms with Gasteiger partial charge in [0.15, 0.2) is 0 Å². The van der Waals surface area contributed by atoms with Crippen molar-refractivity contribution in [1.29, 1.82) is 0 Å². The van der Waals surface area contributed by atoms with Crippen molar-refractivity contribution in [2.45, 2.75) is 12.2 Å². The van der Waals surface area contributed by atoms with E-state index in [1.54, 1.807) is 0 Å². The lowest BCUT2D eigenvalue weighted by Crippen LogP contribution is -2.35. The minimum Gasteiger partial charge on any atom is -0.366 e. The number of primary amides is 1. The Bertz CT molecular complexity index is 491. The molecule has 0 heterocycles. The second-order valence-corrected chi connectivity index (χ2v) is 4.62. The number of alkyl halides is 2. The quantitative estimate of drug-likeness (QED) is 0.827. The Morgan fingerprint density at radius 3 is 2.56 bits per heavy atom. The van der Waals surface area contributed by atoms with E-state index in [0.717, 1.165) is 9.24 Å². The van der Waals surface area contributed by atoms with E-state index in [4.69, 9.17) is 17.3 Å². The largest absolute Gasteiger partial charge is 0.366 e. The minimum absolute atomic E-state index is 0.0704. The molecule has 1 aromatic carbocycles. The van der Waals surface area contributed by atoms with E-state index in [-0.39, 0.29) is 17.1 Å². The summed E-state index contributed by atoms with van der Waals surface area (Å²) in [7, 11) is 1.13. The van der Waals surface area contributed by atoms with E-state index >= 15 is 0 Å². The summed E-state index contributed by atoms with van der Waals surface area (Å²) in [5.74, 6) is -2.16. The first-order valence-corrected chi connectivity index (χ1v) is 5.70. The summed E-state index contributed by atoms with van der Waals surface area (Å²) in [4.78, 5) is 21.9. The topological polar surface area (TPSA) is 72.2 Å². The first kappa shape index (κ1) is 14.8. The lowest BCUT2D eigenvalue weighted by Gasteiger charge is -2.11. The molecule has 0 bridgehead atoms. The van der Waals surface area contributed by atoms with Gasteiger partial charge in [0.1, 0.15) is 0 Å². The smallest absolute Gasteiger partial charge is 0.334 e. The molecule has 0 spiro atoms. The van der Waals surface area contributed by atoms with Gasteiger partial charge in [0.05, 0.1) is 10.6 Å². The van der Waals surface area contributed by atoms with Crippen LogP contribution in [0.1, 0.15) is 15.9 Å². The molecule has 1 rings (SSSR count). The molecule has 0 aromatic heterocycles. The van der Waals surface area contributed by atoms with Gasteiger partial charge in [0, 0.05) is 6.54 Å². The van der Waals surface area contributed by atoms with Crippen LogP contribution in [0.15, 0.2) is 18.2 Å². The number of rotatable bonds is 4. The van der Waals surface area contributed by atoms with Crippen LogP contribution >= 0.6 is 20.8 Å². The SMILES string of the molecule is NC(=O)c1cc(CNC(=O)C(F)(F)P)ccc1Cl. The van der Waals surface area contributed by atoms with Gasteiger partial charge in [-0.05, 0) is 17.7 Å². The molecule has 0 radical (unpaired) electrons. The zero-order valence-corrected chi connectivity index (χ0v) is 11.0. The van der Waals surface area contributed by atoms with Crippen LogP contribution in [0, 0.1) is 0 Å². The molecule has 4 nitrogen and oxygen atoms in total. The van der Waals surface area contributed by atoms with Crippen molar-refractivity contribution in [3.63, 3.8) is 0 Å². The van der Waals surface area contributed by atoms with Gasteiger partial charge in [-0.25, -0.2) is 0 Å². The summed E-state index contributed by atoms with van der Waals surface area (Å²) in [5, 5.41) is 2.18. The van der Waals surface area contributed by atoms with Gasteiger partial charge in [0.25, 0.3) is 5.91 Å². The highest BCUT2D eigenvalue weighted by Gasteiger charge is 2.31. The number of halogens is 3. The molecular formula is C10H10ClF2N2O2P. The predicted molar refractivity (Wildman–Crippen MR) is 66.5 cm³/mol. The number of benzene rings is 1. The molecule has 0 aliphatic rings. The van der Waals surface area contributed by atoms with Gasteiger partial charge in [-0.1, -0.05) is 26.9 Å². The van der Waals surface area contributed by atoms with Crippen molar-refractivity contribution in [1.82, 2.24) is 5.32 Å². The number of nitrogens with two attached hydrogens (primary N) is 1. The van der Waals surface area contributed by atoms with Crippen LogP contribution in [0.25, 0.3) is 0 Å². The zero-order valence-electron chi connectivity index (χ0n) is 9.04. The molecule has 0 saturated heterocycles. The third-order valence-electron chi connectivity index (χ3n) is 2.05. The Morgan fingerprint density at radius 2 is 2.06 bits per heavy atom. The maximum absolute atomic E-state index is 12.5. The highest BCUT2D eigenvalue weighted by Crippen LogP contribution is 2.22. The van der Waals surface area contributed by atoms with E-state index in [9.17, 15) is 18.4 Å². The summed E-state index contributed by atoms with van der Waals surface area (Å²) >= 11 is 5.71. The van der Waals surface area contributed by atoms with Crippen molar-refractivity contribution in [3.05, 3.63) is 34.3 Å². The van der Waals surface area contributed by atoms with Gasteiger partial charge in [0.2, 0.25) is 5.91 Å². The highest BCUT2D eigenvalue weighted by atomic mass is 35.5. The maximum Gasteiger partial charge on any atom is 0.334 e. The number of hydrogen-bond acceptors (Lipinski definition) is 2. The van der Waals surface area contributed by atoms with Crippen molar-refractivity contribution >= 4 is 32.7 Å². The maximum atomic E-state index is 12.5. The van der Waals surface area contributed by atoms with E-state index in [2.05, 4.69) is 0 Å². The zero-order chi connectivity index (χ0) is 13.9. The Balaban J connectivity index is 2.78. The molecule has 18 heavy (non-hydrogen) atoms. The van der Waals surface area contributed by atoms with Gasteiger partial charge in [-0.3, -0.25) is 9.59 Å². The normalized spacial score (nSPS) is 11.1. The average molecular weight is 295 g/mol. The van der Waals surface area contributed by atoms with Gasteiger partial charge < -0.3 is 11.1 Å². The molecule has 2 amide bonds. The van der Waals surface area contributed by atoms with Crippen molar-refractivity contribution in [3.8, 4) is 0 Å². The summed E-state index contributed by atoms with van der Waals surface area (Å²) in [6.45, 7) is -0.153. The lowest BCUT2D eigenvalue weighted by atomic mass is 10.1. The third kappa shape index (κ3) is 3.89. The van der Waals surface area contributed by atoms with E-state index in [1.807, 2.05) is 5.32 Å². The number of carbonyl (C=O) groups is 2. The standard InChI is InChI=1S/C10H10ClF2N2O2P/c11-7-2-1-5(3-6(7)8(14)16)4-15-9(17)10(12,13)18/h1-3H,4,18H2,(H2,14,16)(H,15,17). The van der Waals surface area contributed by atoms with Crippen LogP contribution in [0.4, 0.5) is 8.78 Å². The molecule has 1 atom stereocenters. The van der Waals surface area contributed by atoms with Gasteiger partial charge >= 0.3 is 5.66 Å². The van der Waals surface area contributed by atoms with Crippen molar-refractivity contribution in [2.75, 3.05) is 0 Å². The van der Waals surface area contributed by atoms with Gasteiger partial charge in [-0.2, -0.15) is 8.78 Å². The molecule has 3 N–H and O–H groups in total. The van der Waals surface area contributed by atoms with Crippen molar-refractivity contribution in [2.24, 2.45) is 5.73 Å². The van der Waals surface area contributed by atoms with Crippen molar-refractivity contribution < 1.29 is 18.4 Å². The molecule has 0 aliphatic heterocycles. The van der Waals surface area contributed by atoms with Crippen LogP contribution in [-0.2, 0) is 11.3 Å². The summed E-state index contributed by atoms with van der Waals surface area (Å²) < 4.78 is 25.1. The van der Waals surface area contributed by atoms with Crippen LogP contribution in [-0.4, -0.2) is 17.5 Å². The summed E-state index contributed by atoms with van der Waals surface area (Å²) in [6.07, 6.45) is 0. The summed E-state index contributed by atoms with van der Waals surface area (Å²) in [5.41, 5.74) is 2.06. The predicted octanol–water partition coefficient (Wildman–Crippen LogP) is 1.52. The molecule has 0 fully saturated rings. The average Bonchev–Trinajstić information content (AvgIpc) is 2.25. The lowest BCUT2D eigenvalue weighted by molar-refractivity contribution is -0.135. The first-order valence-electron chi connectivity index (χ1n) is 4.75. The highest BCUT2D eigenvalue weighted by molar-refractivity contribution is 7.20. The van der Waals surface area contributed by atoms with Crippen LogP contribution in [0.2, 0.25) is 5.02 Å². The Morgan fingerprint density at radius 1 is 1.44 bits per heavy atom. The molecule has 0 aliphatic carbocycles. The second-order valence-electron chi connectivity index (χ2n) is 3.48. The fourth-order valence-corrected chi connectivity index (χ4v) is 1.48. The number of nitrogens with one attached hydrogen (secondary N) is 1. The molecule has 0 saturated carbocycles. The molecule has 8 heteroatoms.